The maximum atomic E-state index is 11.5. The molecule has 6 heteroatoms. The number of carbonyl (C=O) groups excluding carboxylic acids is 1. The summed E-state index contributed by atoms with van der Waals surface area (Å²) in [4.78, 5) is 23.7. The first-order chi connectivity index (χ1) is 9.43. The van der Waals surface area contributed by atoms with Crippen molar-refractivity contribution < 1.29 is 14.5 Å². The number of nitro benzene ring substituents is 1. The zero-order chi connectivity index (χ0) is 15.1. The van der Waals surface area contributed by atoms with Gasteiger partial charge in [-0.05, 0) is 26.3 Å². The molecule has 0 fully saturated rings. The van der Waals surface area contributed by atoms with Crippen molar-refractivity contribution in [1.29, 1.82) is 0 Å². The van der Waals surface area contributed by atoms with Crippen LogP contribution in [-0.2, 0) is 16.1 Å². The Morgan fingerprint density at radius 1 is 1.35 bits per heavy atom. The normalized spacial score (nSPS) is 10.8. The van der Waals surface area contributed by atoms with E-state index in [0.29, 0.717) is 13.2 Å². The lowest BCUT2D eigenvalue weighted by molar-refractivity contribution is -0.384. The van der Waals surface area contributed by atoms with Gasteiger partial charge < -0.3 is 4.74 Å². The van der Waals surface area contributed by atoms with Crippen molar-refractivity contribution in [3.05, 3.63) is 39.9 Å². The molecule has 0 saturated carbocycles. The molecule has 0 aliphatic rings. The van der Waals surface area contributed by atoms with E-state index in [1.54, 1.807) is 19.1 Å². The van der Waals surface area contributed by atoms with Crippen LogP contribution in [0.1, 0.15) is 26.3 Å². The van der Waals surface area contributed by atoms with Gasteiger partial charge in [0, 0.05) is 24.7 Å². The summed E-state index contributed by atoms with van der Waals surface area (Å²) in [7, 11) is 0. The zero-order valence-corrected chi connectivity index (χ0v) is 12.0. The maximum Gasteiger partial charge on any atom is 0.320 e. The van der Waals surface area contributed by atoms with E-state index in [2.05, 4.69) is 0 Å². The number of rotatable bonds is 7. The van der Waals surface area contributed by atoms with Crippen LogP contribution in [0.2, 0.25) is 0 Å². The first kappa shape index (κ1) is 16.1. The number of hydrogen-bond acceptors (Lipinski definition) is 5. The van der Waals surface area contributed by atoms with Crippen LogP contribution in [0.3, 0.4) is 0 Å². The highest BCUT2D eigenvalue weighted by Gasteiger charge is 2.15. The molecule has 0 aromatic heterocycles. The van der Waals surface area contributed by atoms with E-state index >= 15 is 0 Å². The lowest BCUT2D eigenvalue weighted by atomic mass is 10.1. The van der Waals surface area contributed by atoms with Crippen LogP contribution in [0.25, 0.3) is 0 Å². The van der Waals surface area contributed by atoms with Gasteiger partial charge in [-0.15, -0.1) is 0 Å². The van der Waals surface area contributed by atoms with E-state index in [0.717, 1.165) is 5.56 Å². The lowest BCUT2D eigenvalue weighted by Gasteiger charge is -2.25. The Bertz CT molecular complexity index is 457. The number of carbonyl (C=O) groups is 1. The second-order valence-electron chi connectivity index (χ2n) is 4.73. The summed E-state index contributed by atoms with van der Waals surface area (Å²) in [5.74, 6) is -0.261. The number of benzene rings is 1. The molecule has 0 aliphatic heterocycles. The summed E-state index contributed by atoms with van der Waals surface area (Å²) in [6, 6.07) is 6.53. The van der Waals surface area contributed by atoms with Crippen molar-refractivity contribution in [1.82, 2.24) is 4.90 Å². The second kappa shape index (κ2) is 7.59. The third kappa shape index (κ3) is 4.97. The van der Waals surface area contributed by atoms with E-state index in [1.165, 1.54) is 12.1 Å². The van der Waals surface area contributed by atoms with Gasteiger partial charge in [0.1, 0.15) is 0 Å². The largest absolute Gasteiger partial charge is 0.465 e. The van der Waals surface area contributed by atoms with Crippen molar-refractivity contribution >= 4 is 11.7 Å². The number of nitro groups is 1. The fraction of sp³-hybridized carbons (Fsp3) is 0.500. The minimum Gasteiger partial charge on any atom is -0.465 e. The number of ether oxygens (including phenoxy) is 1. The standard InChI is InChI=1S/C14H20N2O4/c1-4-20-14(17)10-15(11(2)3)9-12-5-7-13(8-6-12)16(18)19/h5-8,11H,4,9-10H2,1-3H3. The van der Waals surface area contributed by atoms with Gasteiger partial charge in [0.2, 0.25) is 0 Å². The number of esters is 1. The van der Waals surface area contributed by atoms with Crippen LogP contribution in [-0.4, -0.2) is 35.0 Å². The van der Waals surface area contributed by atoms with Gasteiger partial charge >= 0.3 is 5.97 Å². The van der Waals surface area contributed by atoms with E-state index < -0.39 is 4.92 Å². The van der Waals surface area contributed by atoms with Crippen LogP contribution in [0, 0.1) is 10.1 Å². The molecule has 0 saturated heterocycles. The highest BCUT2D eigenvalue weighted by atomic mass is 16.6. The first-order valence-corrected chi connectivity index (χ1v) is 6.57. The molecule has 0 spiro atoms. The summed E-state index contributed by atoms with van der Waals surface area (Å²) in [6.07, 6.45) is 0. The Labute approximate surface area is 118 Å². The predicted octanol–water partition coefficient (Wildman–Crippen LogP) is 2.37. The van der Waals surface area contributed by atoms with Gasteiger partial charge in [0.05, 0.1) is 18.1 Å². The predicted molar refractivity (Wildman–Crippen MR) is 75.3 cm³/mol. The topological polar surface area (TPSA) is 72.7 Å². The summed E-state index contributed by atoms with van der Waals surface area (Å²) >= 11 is 0. The van der Waals surface area contributed by atoms with Crippen molar-refractivity contribution in [3.63, 3.8) is 0 Å². The monoisotopic (exact) mass is 280 g/mol. The van der Waals surface area contributed by atoms with Crippen LogP contribution < -0.4 is 0 Å². The SMILES string of the molecule is CCOC(=O)CN(Cc1ccc([N+](=O)[O-])cc1)C(C)C. The highest BCUT2D eigenvalue weighted by molar-refractivity contribution is 5.71. The minimum absolute atomic E-state index is 0.0650. The van der Waals surface area contributed by atoms with Crippen molar-refractivity contribution in [3.8, 4) is 0 Å². The van der Waals surface area contributed by atoms with E-state index in [1.807, 2.05) is 18.7 Å². The third-order valence-electron chi connectivity index (χ3n) is 2.90. The number of hydrogen-bond donors (Lipinski definition) is 0. The van der Waals surface area contributed by atoms with Crippen molar-refractivity contribution in [2.45, 2.75) is 33.4 Å². The summed E-state index contributed by atoms with van der Waals surface area (Å²) in [6.45, 7) is 6.88. The zero-order valence-electron chi connectivity index (χ0n) is 12.0. The molecule has 1 rings (SSSR count). The van der Waals surface area contributed by atoms with E-state index in [-0.39, 0.29) is 24.2 Å². The van der Waals surface area contributed by atoms with Crippen molar-refractivity contribution in [2.75, 3.05) is 13.2 Å². The van der Waals surface area contributed by atoms with Crippen LogP contribution in [0.5, 0.6) is 0 Å². The molecule has 0 unspecified atom stereocenters. The van der Waals surface area contributed by atoms with Gasteiger partial charge in [0.25, 0.3) is 5.69 Å². The Morgan fingerprint density at radius 3 is 2.40 bits per heavy atom. The van der Waals surface area contributed by atoms with Gasteiger partial charge in [0.15, 0.2) is 0 Å². The molecule has 0 heterocycles. The Balaban J connectivity index is 2.70. The molecule has 0 aliphatic carbocycles. The number of non-ortho nitro benzene ring substituents is 1. The number of nitrogens with zero attached hydrogens (tertiary/aromatic N) is 2. The Morgan fingerprint density at radius 2 is 1.95 bits per heavy atom. The van der Waals surface area contributed by atoms with Gasteiger partial charge in [-0.3, -0.25) is 19.8 Å². The van der Waals surface area contributed by atoms with Gasteiger partial charge in [-0.2, -0.15) is 0 Å². The van der Waals surface area contributed by atoms with Crippen LogP contribution >= 0.6 is 0 Å². The quantitative estimate of drug-likeness (QED) is 0.435. The van der Waals surface area contributed by atoms with E-state index in [4.69, 9.17) is 4.74 Å². The average Bonchev–Trinajstić information content (AvgIpc) is 2.38. The molecule has 1 aromatic rings. The molecule has 110 valence electrons. The molecule has 0 bridgehead atoms. The third-order valence-corrected chi connectivity index (χ3v) is 2.90. The molecular weight excluding hydrogens is 260 g/mol. The van der Waals surface area contributed by atoms with Gasteiger partial charge in [-0.1, -0.05) is 12.1 Å². The smallest absolute Gasteiger partial charge is 0.320 e. The molecule has 0 N–H and O–H groups in total. The van der Waals surface area contributed by atoms with E-state index in [9.17, 15) is 14.9 Å². The molecule has 1 aromatic carbocycles. The average molecular weight is 280 g/mol. The second-order valence-corrected chi connectivity index (χ2v) is 4.73. The molecule has 6 nitrogen and oxygen atoms in total. The Hall–Kier alpha value is -1.95. The molecular formula is C14H20N2O4. The fourth-order valence-electron chi connectivity index (χ4n) is 1.75. The van der Waals surface area contributed by atoms with Crippen molar-refractivity contribution in [2.24, 2.45) is 0 Å². The summed E-state index contributed by atoms with van der Waals surface area (Å²) < 4.78 is 4.94. The summed E-state index contributed by atoms with van der Waals surface area (Å²) in [5, 5.41) is 10.6. The van der Waals surface area contributed by atoms with Crippen LogP contribution in [0.4, 0.5) is 5.69 Å². The highest BCUT2D eigenvalue weighted by Crippen LogP contribution is 2.14. The van der Waals surface area contributed by atoms with Crippen LogP contribution in [0.15, 0.2) is 24.3 Å². The Kier molecular flexibility index (Phi) is 6.11. The fourth-order valence-corrected chi connectivity index (χ4v) is 1.75. The summed E-state index contributed by atoms with van der Waals surface area (Å²) in [5.41, 5.74) is 0.990. The maximum absolute atomic E-state index is 11.5. The lowest BCUT2D eigenvalue weighted by Crippen LogP contribution is -2.36. The van der Waals surface area contributed by atoms with Gasteiger partial charge in [-0.25, -0.2) is 0 Å². The molecule has 20 heavy (non-hydrogen) atoms. The molecule has 0 radical (unpaired) electrons. The minimum atomic E-state index is -0.428. The molecule has 0 amide bonds. The molecule has 0 atom stereocenters. The first-order valence-electron chi connectivity index (χ1n) is 6.57.